The smallest absolute Gasteiger partial charge is 0.240 e. The van der Waals surface area contributed by atoms with Crippen LogP contribution in [0.15, 0.2) is 42.5 Å². The minimum absolute atomic E-state index is 0.119. The van der Waals surface area contributed by atoms with Crippen molar-refractivity contribution in [1.82, 2.24) is 5.32 Å². The lowest BCUT2D eigenvalue weighted by Gasteiger charge is -2.23. The molecule has 0 heterocycles. The van der Waals surface area contributed by atoms with E-state index in [-0.39, 0.29) is 18.4 Å². The van der Waals surface area contributed by atoms with Gasteiger partial charge in [-0.05, 0) is 29.8 Å². The molecule has 0 aliphatic carbocycles. The van der Waals surface area contributed by atoms with Crippen molar-refractivity contribution < 1.29 is 19.1 Å². The van der Waals surface area contributed by atoms with Gasteiger partial charge in [-0.25, -0.2) is 0 Å². The molecule has 0 aromatic heterocycles. The Morgan fingerprint density at radius 2 is 1.77 bits per heavy atom. The lowest BCUT2D eigenvalue weighted by Crippen LogP contribution is -2.39. The van der Waals surface area contributed by atoms with Crippen LogP contribution >= 0.6 is 11.6 Å². The van der Waals surface area contributed by atoms with Crippen molar-refractivity contribution in [2.75, 3.05) is 25.7 Å². The summed E-state index contributed by atoms with van der Waals surface area (Å²) in [6.07, 6.45) is 0. The molecule has 138 valence electrons. The summed E-state index contributed by atoms with van der Waals surface area (Å²) in [5.74, 6) is 0.495. The van der Waals surface area contributed by atoms with Gasteiger partial charge in [0.05, 0.1) is 19.9 Å². The molecule has 0 unspecified atom stereocenters. The number of halogens is 1. The summed E-state index contributed by atoms with van der Waals surface area (Å²) < 4.78 is 10.5. The zero-order valence-corrected chi connectivity index (χ0v) is 15.7. The van der Waals surface area contributed by atoms with Gasteiger partial charge in [-0.2, -0.15) is 0 Å². The molecular weight excluding hydrogens is 356 g/mol. The number of carbonyl (C=O) groups is 2. The molecule has 2 aromatic rings. The molecule has 2 rings (SSSR count). The van der Waals surface area contributed by atoms with E-state index in [1.54, 1.807) is 37.4 Å². The number of anilines is 1. The number of amides is 2. The summed E-state index contributed by atoms with van der Waals surface area (Å²) in [7, 11) is 3.04. The first-order valence-corrected chi connectivity index (χ1v) is 8.33. The first-order valence-electron chi connectivity index (χ1n) is 7.96. The summed E-state index contributed by atoms with van der Waals surface area (Å²) in [6.45, 7) is 1.63. The molecule has 0 aliphatic heterocycles. The summed E-state index contributed by atoms with van der Waals surface area (Å²) in [6, 6.07) is 12.2. The number of nitrogens with zero attached hydrogens (tertiary/aromatic N) is 1. The van der Waals surface area contributed by atoms with Crippen LogP contribution in [-0.2, 0) is 16.1 Å². The number of hydrogen-bond donors (Lipinski definition) is 1. The van der Waals surface area contributed by atoms with Crippen molar-refractivity contribution in [1.29, 1.82) is 0 Å². The highest BCUT2D eigenvalue weighted by atomic mass is 35.5. The molecule has 0 radical (unpaired) electrons. The van der Waals surface area contributed by atoms with Gasteiger partial charge in [0.1, 0.15) is 18.0 Å². The fourth-order valence-electron chi connectivity index (χ4n) is 2.38. The number of hydrogen-bond acceptors (Lipinski definition) is 4. The van der Waals surface area contributed by atoms with Crippen LogP contribution in [0.25, 0.3) is 0 Å². The number of rotatable bonds is 7. The van der Waals surface area contributed by atoms with E-state index >= 15 is 0 Å². The van der Waals surface area contributed by atoms with Crippen LogP contribution in [0.3, 0.4) is 0 Å². The third kappa shape index (κ3) is 5.13. The van der Waals surface area contributed by atoms with Crippen LogP contribution in [-0.4, -0.2) is 32.6 Å². The monoisotopic (exact) mass is 376 g/mol. The topological polar surface area (TPSA) is 67.9 Å². The predicted octanol–water partition coefficient (Wildman–Crippen LogP) is 3.03. The Balaban J connectivity index is 2.09. The van der Waals surface area contributed by atoms with Crippen molar-refractivity contribution in [2.24, 2.45) is 0 Å². The Bertz CT molecular complexity index is 778. The zero-order chi connectivity index (χ0) is 19.1. The minimum atomic E-state index is -0.284. The molecule has 2 amide bonds. The third-order valence-electron chi connectivity index (χ3n) is 3.76. The van der Waals surface area contributed by atoms with Crippen molar-refractivity contribution in [3.8, 4) is 11.5 Å². The van der Waals surface area contributed by atoms with Crippen molar-refractivity contribution >= 4 is 29.1 Å². The van der Waals surface area contributed by atoms with Gasteiger partial charge in [0.15, 0.2) is 0 Å². The highest BCUT2D eigenvalue weighted by Gasteiger charge is 2.20. The second-order valence-electron chi connectivity index (χ2n) is 5.55. The average molecular weight is 377 g/mol. The molecule has 0 saturated heterocycles. The number of methoxy groups -OCH3 is 2. The van der Waals surface area contributed by atoms with E-state index in [0.717, 1.165) is 5.56 Å². The van der Waals surface area contributed by atoms with Gasteiger partial charge < -0.3 is 14.8 Å². The van der Waals surface area contributed by atoms with E-state index in [1.165, 1.54) is 18.9 Å². The Morgan fingerprint density at radius 3 is 2.35 bits per heavy atom. The Hall–Kier alpha value is -2.73. The normalized spacial score (nSPS) is 10.2. The van der Waals surface area contributed by atoms with E-state index < -0.39 is 0 Å². The van der Waals surface area contributed by atoms with Crippen LogP contribution in [0.2, 0.25) is 5.02 Å². The Labute approximate surface area is 157 Å². The molecule has 2 aromatic carbocycles. The van der Waals surface area contributed by atoms with E-state index in [1.807, 2.05) is 12.1 Å². The van der Waals surface area contributed by atoms with Crippen molar-refractivity contribution in [3.63, 3.8) is 0 Å². The van der Waals surface area contributed by atoms with Gasteiger partial charge in [0.25, 0.3) is 0 Å². The maximum Gasteiger partial charge on any atom is 0.240 e. The molecule has 0 fully saturated rings. The minimum Gasteiger partial charge on any atom is -0.497 e. The van der Waals surface area contributed by atoms with Crippen LogP contribution in [0.5, 0.6) is 11.5 Å². The van der Waals surface area contributed by atoms with Crippen molar-refractivity contribution in [3.05, 3.63) is 53.1 Å². The predicted molar refractivity (Wildman–Crippen MR) is 101 cm³/mol. The zero-order valence-electron chi connectivity index (χ0n) is 14.9. The molecule has 0 aliphatic rings. The molecule has 6 nitrogen and oxygen atoms in total. The lowest BCUT2D eigenvalue weighted by atomic mass is 10.2. The molecule has 7 heteroatoms. The van der Waals surface area contributed by atoms with Crippen LogP contribution in [0.4, 0.5) is 5.69 Å². The maximum absolute atomic E-state index is 12.3. The average Bonchev–Trinajstić information content (AvgIpc) is 2.65. The fraction of sp³-hybridized carbons (Fsp3) is 0.263. The van der Waals surface area contributed by atoms with Crippen LogP contribution in [0.1, 0.15) is 12.5 Å². The summed E-state index contributed by atoms with van der Waals surface area (Å²) >= 11 is 5.84. The summed E-state index contributed by atoms with van der Waals surface area (Å²) in [4.78, 5) is 25.7. The number of nitrogens with one attached hydrogen (secondary N) is 1. The second kappa shape index (κ2) is 9.10. The summed E-state index contributed by atoms with van der Waals surface area (Å²) in [5.41, 5.74) is 1.42. The van der Waals surface area contributed by atoms with E-state index in [4.69, 9.17) is 21.1 Å². The molecule has 1 N–H and O–H groups in total. The van der Waals surface area contributed by atoms with Gasteiger partial charge >= 0.3 is 0 Å². The number of carbonyl (C=O) groups excluding carboxylic acids is 2. The lowest BCUT2D eigenvalue weighted by molar-refractivity contribution is -0.123. The number of ether oxygens (including phenoxy) is 2. The molecule has 0 saturated carbocycles. The van der Waals surface area contributed by atoms with Gasteiger partial charge in [0.2, 0.25) is 11.8 Å². The molecule has 0 atom stereocenters. The molecule has 0 spiro atoms. The summed E-state index contributed by atoms with van der Waals surface area (Å²) in [5, 5.41) is 3.43. The maximum atomic E-state index is 12.3. The molecule has 26 heavy (non-hydrogen) atoms. The van der Waals surface area contributed by atoms with E-state index in [0.29, 0.717) is 28.8 Å². The van der Waals surface area contributed by atoms with E-state index in [9.17, 15) is 9.59 Å². The number of benzene rings is 2. The first-order chi connectivity index (χ1) is 12.4. The molecule has 0 bridgehead atoms. The van der Waals surface area contributed by atoms with Crippen LogP contribution in [0, 0.1) is 0 Å². The molecular formula is C19H21ClN2O4. The van der Waals surface area contributed by atoms with Gasteiger partial charge in [-0.3, -0.25) is 14.5 Å². The fourth-order valence-corrected chi connectivity index (χ4v) is 2.50. The third-order valence-corrected chi connectivity index (χ3v) is 4.01. The highest BCUT2D eigenvalue weighted by Crippen LogP contribution is 2.32. The van der Waals surface area contributed by atoms with Gasteiger partial charge in [0, 0.05) is 24.6 Å². The highest BCUT2D eigenvalue weighted by molar-refractivity contribution is 6.30. The van der Waals surface area contributed by atoms with Gasteiger partial charge in [-0.15, -0.1) is 0 Å². The Morgan fingerprint density at radius 1 is 1.08 bits per heavy atom. The second-order valence-corrected chi connectivity index (χ2v) is 5.98. The SMILES string of the molecule is COc1ccc(N(CC(=O)NCc2ccc(Cl)cc2)C(C)=O)c(OC)c1. The van der Waals surface area contributed by atoms with E-state index in [2.05, 4.69) is 5.32 Å². The quantitative estimate of drug-likeness (QED) is 0.806. The largest absolute Gasteiger partial charge is 0.497 e. The first kappa shape index (κ1) is 19.6. The van der Waals surface area contributed by atoms with Crippen molar-refractivity contribution in [2.45, 2.75) is 13.5 Å². The van der Waals surface area contributed by atoms with Crippen LogP contribution < -0.4 is 19.7 Å². The standard InChI is InChI=1S/C19H21ClN2O4/c1-13(23)22(17-9-8-16(25-2)10-18(17)26-3)12-19(24)21-11-14-4-6-15(20)7-5-14/h4-10H,11-12H2,1-3H3,(H,21,24). The van der Waals surface area contributed by atoms with Gasteiger partial charge in [-0.1, -0.05) is 23.7 Å². The Kier molecular flexibility index (Phi) is 6.86.